The van der Waals surface area contributed by atoms with Gasteiger partial charge in [0.1, 0.15) is 0 Å². The molecule has 4 aromatic rings. The van der Waals surface area contributed by atoms with Gasteiger partial charge in [-0.1, -0.05) is 37.6 Å². The molecule has 0 spiro atoms. The first-order valence-corrected chi connectivity index (χ1v) is 12.8. The molecule has 2 amide bonds. The van der Waals surface area contributed by atoms with Gasteiger partial charge in [0.2, 0.25) is 11.8 Å². The molecule has 3 aromatic carbocycles. The number of aryl methyl sites for hydroxylation is 1. The van der Waals surface area contributed by atoms with Gasteiger partial charge in [-0.05, 0) is 62.7 Å². The summed E-state index contributed by atoms with van der Waals surface area (Å²) in [6.45, 7) is 7.00. The first-order valence-electron chi connectivity index (χ1n) is 11.9. The lowest BCUT2D eigenvalue weighted by molar-refractivity contribution is -0.116. The highest BCUT2D eigenvalue weighted by atomic mass is 32.2. The molecule has 0 bridgehead atoms. The van der Waals surface area contributed by atoms with Crippen molar-refractivity contribution in [2.75, 3.05) is 10.6 Å². The lowest BCUT2D eigenvalue weighted by Crippen LogP contribution is -2.22. The normalized spacial score (nSPS) is 12.1. The molecule has 6 heteroatoms. The summed E-state index contributed by atoms with van der Waals surface area (Å²) in [6, 6.07) is 22.1. The first-order chi connectivity index (χ1) is 16.5. The molecule has 0 saturated heterocycles. The van der Waals surface area contributed by atoms with Gasteiger partial charge >= 0.3 is 0 Å². The highest BCUT2D eigenvalue weighted by Gasteiger charge is 2.16. The van der Waals surface area contributed by atoms with Gasteiger partial charge in [-0.3, -0.25) is 9.59 Å². The Hall–Kier alpha value is -3.25. The molecular formula is C28H31N3O2S. The molecule has 0 radical (unpaired) electrons. The minimum atomic E-state index is -0.293. The SMILES string of the molecule is CCCCC(=O)Nc1cccc(SC(C)C(=O)Nc2ccc3c(c2)c2ccccc2n3CC)c1. The number of anilines is 2. The molecular weight excluding hydrogens is 442 g/mol. The smallest absolute Gasteiger partial charge is 0.237 e. The maximum absolute atomic E-state index is 13.0. The van der Waals surface area contributed by atoms with Gasteiger partial charge in [0.25, 0.3) is 0 Å². The second kappa shape index (κ2) is 10.8. The number of unbranched alkanes of at least 4 members (excludes halogenated alkanes) is 1. The summed E-state index contributed by atoms with van der Waals surface area (Å²) in [5.41, 5.74) is 3.92. The molecule has 176 valence electrons. The number of para-hydroxylation sites is 1. The summed E-state index contributed by atoms with van der Waals surface area (Å²) >= 11 is 1.48. The molecule has 0 aliphatic rings. The van der Waals surface area contributed by atoms with Gasteiger partial charge in [0, 0.05) is 51.0 Å². The Morgan fingerprint density at radius 3 is 2.44 bits per heavy atom. The quantitative estimate of drug-likeness (QED) is 0.256. The lowest BCUT2D eigenvalue weighted by Gasteiger charge is -2.13. The Morgan fingerprint density at radius 1 is 0.882 bits per heavy atom. The van der Waals surface area contributed by atoms with Crippen LogP contribution in [0.2, 0.25) is 0 Å². The Labute approximate surface area is 204 Å². The number of amides is 2. The highest BCUT2D eigenvalue weighted by molar-refractivity contribution is 8.00. The van der Waals surface area contributed by atoms with E-state index in [-0.39, 0.29) is 17.1 Å². The maximum Gasteiger partial charge on any atom is 0.237 e. The second-order valence-electron chi connectivity index (χ2n) is 8.42. The summed E-state index contributed by atoms with van der Waals surface area (Å²) in [4.78, 5) is 25.9. The number of carbonyl (C=O) groups excluding carboxylic acids is 2. The van der Waals surface area contributed by atoms with E-state index in [1.165, 1.54) is 28.2 Å². The number of nitrogens with one attached hydrogen (secondary N) is 2. The van der Waals surface area contributed by atoms with E-state index < -0.39 is 0 Å². The number of nitrogens with zero attached hydrogens (tertiary/aromatic N) is 1. The third-order valence-corrected chi connectivity index (χ3v) is 7.01. The van der Waals surface area contributed by atoms with Crippen molar-refractivity contribution in [3.63, 3.8) is 0 Å². The Kier molecular flexibility index (Phi) is 7.58. The molecule has 5 nitrogen and oxygen atoms in total. The third-order valence-electron chi connectivity index (χ3n) is 5.91. The molecule has 0 saturated carbocycles. The van der Waals surface area contributed by atoms with Gasteiger partial charge in [-0.25, -0.2) is 0 Å². The van der Waals surface area contributed by atoms with Crippen molar-refractivity contribution in [3.8, 4) is 0 Å². The standard InChI is InChI=1S/C28H31N3O2S/c1-4-6-14-27(32)29-20-10-9-11-22(17-20)34-19(3)28(33)30-21-15-16-26-24(18-21)23-12-7-8-13-25(23)31(26)5-2/h7-13,15-19H,4-6,14H2,1-3H3,(H,29,32)(H,30,33). The first kappa shape index (κ1) is 23.9. The minimum absolute atomic E-state index is 0.0228. The largest absolute Gasteiger partial charge is 0.341 e. The van der Waals surface area contributed by atoms with E-state index >= 15 is 0 Å². The number of benzene rings is 3. The monoisotopic (exact) mass is 473 g/mol. The van der Waals surface area contributed by atoms with Crippen LogP contribution in [0.4, 0.5) is 11.4 Å². The molecule has 1 heterocycles. The third kappa shape index (κ3) is 5.28. The minimum Gasteiger partial charge on any atom is -0.341 e. The number of hydrogen-bond acceptors (Lipinski definition) is 3. The fourth-order valence-corrected chi connectivity index (χ4v) is 5.11. The number of rotatable bonds is 9. The van der Waals surface area contributed by atoms with Gasteiger partial charge < -0.3 is 15.2 Å². The molecule has 4 rings (SSSR count). The van der Waals surface area contributed by atoms with Crippen molar-refractivity contribution >= 4 is 56.8 Å². The van der Waals surface area contributed by atoms with Crippen LogP contribution in [-0.4, -0.2) is 21.6 Å². The summed E-state index contributed by atoms with van der Waals surface area (Å²) in [6.07, 6.45) is 2.39. The van der Waals surface area contributed by atoms with E-state index in [1.807, 2.05) is 43.3 Å². The summed E-state index contributed by atoms with van der Waals surface area (Å²) in [7, 11) is 0. The number of carbonyl (C=O) groups is 2. The molecule has 34 heavy (non-hydrogen) atoms. The molecule has 1 atom stereocenters. The average molecular weight is 474 g/mol. The molecule has 1 unspecified atom stereocenters. The van der Waals surface area contributed by atoms with Crippen LogP contribution in [0.15, 0.2) is 71.6 Å². The fourth-order valence-electron chi connectivity index (χ4n) is 4.18. The summed E-state index contributed by atoms with van der Waals surface area (Å²) < 4.78 is 2.29. The van der Waals surface area contributed by atoms with Crippen LogP contribution in [-0.2, 0) is 16.1 Å². The van der Waals surface area contributed by atoms with Crippen LogP contribution in [0, 0.1) is 0 Å². The van der Waals surface area contributed by atoms with Crippen LogP contribution in [0.25, 0.3) is 21.8 Å². The van der Waals surface area contributed by atoms with Crippen LogP contribution >= 0.6 is 11.8 Å². The van der Waals surface area contributed by atoms with Crippen molar-refractivity contribution in [1.29, 1.82) is 0 Å². The molecule has 1 aromatic heterocycles. The zero-order valence-electron chi connectivity index (χ0n) is 19.9. The van der Waals surface area contributed by atoms with Crippen molar-refractivity contribution in [2.24, 2.45) is 0 Å². The fraction of sp³-hybridized carbons (Fsp3) is 0.286. The number of thioether (sulfide) groups is 1. The molecule has 0 aliphatic carbocycles. The molecule has 0 aliphatic heterocycles. The topological polar surface area (TPSA) is 63.1 Å². The highest BCUT2D eigenvalue weighted by Crippen LogP contribution is 2.32. The van der Waals surface area contributed by atoms with Crippen LogP contribution in [0.5, 0.6) is 0 Å². The molecule has 2 N–H and O–H groups in total. The van der Waals surface area contributed by atoms with E-state index in [0.717, 1.165) is 41.0 Å². The van der Waals surface area contributed by atoms with Crippen LogP contribution < -0.4 is 10.6 Å². The van der Waals surface area contributed by atoms with E-state index in [2.05, 4.69) is 59.4 Å². The predicted molar refractivity (Wildman–Crippen MR) is 144 cm³/mol. The Morgan fingerprint density at radius 2 is 1.65 bits per heavy atom. The predicted octanol–water partition coefficient (Wildman–Crippen LogP) is 7.06. The van der Waals surface area contributed by atoms with Crippen molar-refractivity contribution in [3.05, 3.63) is 66.7 Å². The number of aromatic nitrogens is 1. The van der Waals surface area contributed by atoms with Gasteiger partial charge in [-0.15, -0.1) is 11.8 Å². The van der Waals surface area contributed by atoms with Crippen molar-refractivity contribution < 1.29 is 9.59 Å². The van der Waals surface area contributed by atoms with Crippen molar-refractivity contribution in [2.45, 2.75) is 56.7 Å². The summed E-state index contributed by atoms with van der Waals surface area (Å²) in [5, 5.41) is 8.06. The zero-order valence-corrected chi connectivity index (χ0v) is 20.7. The van der Waals surface area contributed by atoms with E-state index in [9.17, 15) is 9.59 Å². The lowest BCUT2D eigenvalue weighted by atomic mass is 10.1. The number of hydrogen-bond donors (Lipinski definition) is 2. The van der Waals surface area contributed by atoms with Gasteiger partial charge in [0.05, 0.1) is 5.25 Å². The maximum atomic E-state index is 13.0. The Bertz CT molecular complexity index is 1330. The van der Waals surface area contributed by atoms with E-state index in [4.69, 9.17) is 0 Å². The summed E-state index contributed by atoms with van der Waals surface area (Å²) in [5.74, 6) is -0.0319. The zero-order chi connectivity index (χ0) is 24.1. The average Bonchev–Trinajstić information content (AvgIpc) is 3.16. The van der Waals surface area contributed by atoms with E-state index in [0.29, 0.717) is 6.42 Å². The van der Waals surface area contributed by atoms with Gasteiger partial charge in [-0.2, -0.15) is 0 Å². The Balaban J connectivity index is 1.45. The van der Waals surface area contributed by atoms with Crippen molar-refractivity contribution in [1.82, 2.24) is 4.57 Å². The van der Waals surface area contributed by atoms with E-state index in [1.54, 1.807) is 0 Å². The number of fused-ring (bicyclic) bond motifs is 3. The molecule has 0 fully saturated rings. The second-order valence-corrected chi connectivity index (χ2v) is 9.84. The van der Waals surface area contributed by atoms with Gasteiger partial charge in [0.15, 0.2) is 0 Å². The van der Waals surface area contributed by atoms with Crippen LogP contribution in [0.3, 0.4) is 0 Å². The van der Waals surface area contributed by atoms with Crippen LogP contribution in [0.1, 0.15) is 40.0 Å².